The number of fused-ring (bicyclic) bond motifs is 1. The largest absolute Gasteiger partial charge is 0.496 e. The number of sulfonamides is 1. The van der Waals surface area contributed by atoms with Crippen LogP contribution < -0.4 is 9.47 Å². The molecule has 1 saturated heterocycles. The second-order valence-electron chi connectivity index (χ2n) is 6.87. The van der Waals surface area contributed by atoms with E-state index in [0.717, 1.165) is 16.5 Å². The number of hydrogen-bond donors (Lipinski definition) is 0. The summed E-state index contributed by atoms with van der Waals surface area (Å²) in [5.74, 6) is 1.19. The van der Waals surface area contributed by atoms with Gasteiger partial charge in [-0.25, -0.2) is 13.4 Å². The third kappa shape index (κ3) is 3.55. The van der Waals surface area contributed by atoms with Crippen molar-refractivity contribution >= 4 is 20.9 Å². The number of hydrogen-bond acceptors (Lipinski definition) is 5. The fraction of sp³-hybridized carbons (Fsp3) is 0.286. The standard InChI is InChI=1S/C21H22N2O4S/c1-15-13-18(8-9-20(15)26-2)28(24,25)23-12-11-17(14-23)27-21-10-7-16-5-3-4-6-19(16)22-21/h3-10,13,17H,11-12,14H2,1-2H3. The molecule has 1 fully saturated rings. The van der Waals surface area contributed by atoms with E-state index in [1.54, 1.807) is 25.3 Å². The minimum absolute atomic E-state index is 0.220. The summed E-state index contributed by atoms with van der Waals surface area (Å²) in [7, 11) is -2.00. The van der Waals surface area contributed by atoms with Gasteiger partial charge in [0.15, 0.2) is 0 Å². The van der Waals surface area contributed by atoms with Crippen LogP contribution in [0.3, 0.4) is 0 Å². The SMILES string of the molecule is COc1ccc(S(=O)(=O)N2CCC(Oc3ccc4ccccc4n3)C2)cc1C. The topological polar surface area (TPSA) is 68.7 Å². The van der Waals surface area contributed by atoms with Crippen molar-refractivity contribution in [3.05, 3.63) is 60.2 Å². The number of para-hydroxylation sites is 1. The zero-order valence-electron chi connectivity index (χ0n) is 15.8. The molecule has 1 atom stereocenters. The van der Waals surface area contributed by atoms with Gasteiger partial charge in [0.25, 0.3) is 0 Å². The Morgan fingerprint density at radius 3 is 2.71 bits per heavy atom. The lowest BCUT2D eigenvalue weighted by molar-refractivity contribution is 0.207. The predicted molar refractivity (Wildman–Crippen MR) is 107 cm³/mol. The summed E-state index contributed by atoms with van der Waals surface area (Å²) in [6.07, 6.45) is 0.408. The molecule has 0 aliphatic carbocycles. The molecule has 0 saturated carbocycles. The molecule has 2 aromatic carbocycles. The molecule has 0 spiro atoms. The number of ether oxygens (including phenoxy) is 2. The van der Waals surface area contributed by atoms with Crippen LogP contribution in [-0.2, 0) is 10.0 Å². The van der Waals surface area contributed by atoms with Gasteiger partial charge in [-0.05, 0) is 49.2 Å². The molecule has 4 rings (SSSR count). The van der Waals surface area contributed by atoms with Crippen molar-refractivity contribution in [2.24, 2.45) is 0 Å². The molecule has 3 aromatic rings. The fourth-order valence-electron chi connectivity index (χ4n) is 3.46. The fourth-order valence-corrected chi connectivity index (χ4v) is 5.03. The van der Waals surface area contributed by atoms with E-state index in [4.69, 9.17) is 9.47 Å². The molecule has 6 nitrogen and oxygen atoms in total. The zero-order valence-corrected chi connectivity index (χ0v) is 16.6. The molecular weight excluding hydrogens is 376 g/mol. The highest BCUT2D eigenvalue weighted by Crippen LogP contribution is 2.27. The van der Waals surface area contributed by atoms with E-state index in [9.17, 15) is 8.42 Å². The van der Waals surface area contributed by atoms with Gasteiger partial charge in [-0.1, -0.05) is 18.2 Å². The molecule has 0 amide bonds. The third-order valence-corrected chi connectivity index (χ3v) is 6.83. The molecule has 0 bridgehead atoms. The Morgan fingerprint density at radius 2 is 1.93 bits per heavy atom. The van der Waals surface area contributed by atoms with Gasteiger partial charge >= 0.3 is 0 Å². The number of aryl methyl sites for hydroxylation is 1. The lowest BCUT2D eigenvalue weighted by Crippen LogP contribution is -2.31. The smallest absolute Gasteiger partial charge is 0.243 e. The third-order valence-electron chi connectivity index (χ3n) is 4.97. The summed E-state index contributed by atoms with van der Waals surface area (Å²) in [6, 6.07) is 16.5. The molecule has 0 N–H and O–H groups in total. The molecule has 28 heavy (non-hydrogen) atoms. The summed E-state index contributed by atoms with van der Waals surface area (Å²) < 4.78 is 38.6. The van der Waals surface area contributed by atoms with Crippen LogP contribution in [-0.4, -0.2) is 44.0 Å². The number of aromatic nitrogens is 1. The number of nitrogens with zero attached hydrogens (tertiary/aromatic N) is 2. The second kappa shape index (κ2) is 7.41. The molecule has 1 unspecified atom stereocenters. The van der Waals surface area contributed by atoms with E-state index in [-0.39, 0.29) is 11.0 Å². The summed E-state index contributed by atoms with van der Waals surface area (Å²) in [6.45, 7) is 2.56. The molecule has 146 valence electrons. The van der Waals surface area contributed by atoms with Crippen molar-refractivity contribution in [2.75, 3.05) is 20.2 Å². The van der Waals surface area contributed by atoms with Crippen LogP contribution in [0.1, 0.15) is 12.0 Å². The van der Waals surface area contributed by atoms with Gasteiger partial charge in [0.1, 0.15) is 11.9 Å². The Labute approximate surface area is 164 Å². The maximum absolute atomic E-state index is 13.0. The Balaban J connectivity index is 1.49. The first-order chi connectivity index (χ1) is 13.5. The average molecular weight is 398 g/mol. The maximum Gasteiger partial charge on any atom is 0.243 e. The predicted octanol–water partition coefficient (Wildman–Crippen LogP) is 3.39. The molecule has 1 aliphatic heterocycles. The van der Waals surface area contributed by atoms with Crippen molar-refractivity contribution in [1.29, 1.82) is 0 Å². The molecule has 2 heterocycles. The maximum atomic E-state index is 13.0. The summed E-state index contributed by atoms with van der Waals surface area (Å²) in [5, 5.41) is 1.04. The lowest BCUT2D eigenvalue weighted by Gasteiger charge is -2.18. The van der Waals surface area contributed by atoms with E-state index in [1.165, 1.54) is 4.31 Å². The first-order valence-electron chi connectivity index (χ1n) is 9.14. The molecule has 1 aliphatic rings. The van der Waals surface area contributed by atoms with Crippen molar-refractivity contribution in [3.8, 4) is 11.6 Å². The van der Waals surface area contributed by atoms with Gasteiger partial charge in [-0.2, -0.15) is 4.31 Å². The lowest BCUT2D eigenvalue weighted by atomic mass is 10.2. The number of pyridine rings is 1. The highest BCUT2D eigenvalue weighted by molar-refractivity contribution is 7.89. The van der Waals surface area contributed by atoms with E-state index in [0.29, 0.717) is 31.1 Å². The van der Waals surface area contributed by atoms with E-state index in [1.807, 2.05) is 43.3 Å². The number of methoxy groups -OCH3 is 1. The number of benzene rings is 2. The van der Waals surface area contributed by atoms with Crippen molar-refractivity contribution < 1.29 is 17.9 Å². The van der Waals surface area contributed by atoms with E-state index in [2.05, 4.69) is 4.98 Å². The molecular formula is C21H22N2O4S. The van der Waals surface area contributed by atoms with Crippen LogP contribution >= 0.6 is 0 Å². The van der Waals surface area contributed by atoms with Crippen LogP contribution in [0.15, 0.2) is 59.5 Å². The highest BCUT2D eigenvalue weighted by atomic mass is 32.2. The van der Waals surface area contributed by atoms with Gasteiger partial charge < -0.3 is 9.47 Å². The van der Waals surface area contributed by atoms with Gasteiger partial charge in [0, 0.05) is 18.0 Å². The van der Waals surface area contributed by atoms with Gasteiger partial charge in [-0.3, -0.25) is 0 Å². The highest BCUT2D eigenvalue weighted by Gasteiger charge is 2.34. The zero-order chi connectivity index (χ0) is 19.7. The number of rotatable bonds is 5. The van der Waals surface area contributed by atoms with E-state index < -0.39 is 10.0 Å². The van der Waals surface area contributed by atoms with Gasteiger partial charge in [-0.15, -0.1) is 0 Å². The van der Waals surface area contributed by atoms with Gasteiger partial charge in [0.2, 0.25) is 15.9 Å². The van der Waals surface area contributed by atoms with Crippen LogP contribution in [0.4, 0.5) is 0 Å². The quantitative estimate of drug-likeness (QED) is 0.659. The summed E-state index contributed by atoms with van der Waals surface area (Å²) >= 11 is 0. The molecule has 1 aromatic heterocycles. The van der Waals surface area contributed by atoms with Crippen LogP contribution in [0, 0.1) is 6.92 Å². The van der Waals surface area contributed by atoms with Crippen molar-refractivity contribution in [2.45, 2.75) is 24.3 Å². The molecule has 0 radical (unpaired) electrons. The molecule has 7 heteroatoms. The monoisotopic (exact) mass is 398 g/mol. The minimum Gasteiger partial charge on any atom is -0.496 e. The Bertz CT molecular complexity index is 1110. The van der Waals surface area contributed by atoms with E-state index >= 15 is 0 Å². The first-order valence-corrected chi connectivity index (χ1v) is 10.6. The first kappa shape index (κ1) is 18.7. The average Bonchev–Trinajstić information content (AvgIpc) is 3.17. The van der Waals surface area contributed by atoms with Gasteiger partial charge in [0.05, 0.1) is 24.1 Å². The second-order valence-corrected chi connectivity index (χ2v) is 8.80. The Kier molecular flexibility index (Phi) is 4.95. The van der Waals surface area contributed by atoms with Crippen molar-refractivity contribution in [3.63, 3.8) is 0 Å². The minimum atomic E-state index is -3.57. The Hall–Kier alpha value is -2.64. The van der Waals surface area contributed by atoms with Crippen molar-refractivity contribution in [1.82, 2.24) is 9.29 Å². The summed E-state index contributed by atoms with van der Waals surface area (Å²) in [5.41, 5.74) is 1.65. The normalized spacial score (nSPS) is 17.7. The summed E-state index contributed by atoms with van der Waals surface area (Å²) in [4.78, 5) is 4.78. The Morgan fingerprint density at radius 1 is 1.11 bits per heavy atom. The van der Waals surface area contributed by atoms with Crippen LogP contribution in [0.5, 0.6) is 11.6 Å². The van der Waals surface area contributed by atoms with Crippen LogP contribution in [0.25, 0.3) is 10.9 Å². The van der Waals surface area contributed by atoms with Crippen LogP contribution in [0.2, 0.25) is 0 Å².